The molecule has 0 aliphatic heterocycles. The van der Waals surface area contributed by atoms with Crippen LogP contribution < -0.4 is 4.74 Å². The van der Waals surface area contributed by atoms with E-state index in [1.807, 2.05) is 25.1 Å². The molecule has 1 N–H and O–H groups in total. The van der Waals surface area contributed by atoms with Gasteiger partial charge in [-0.2, -0.15) is 5.10 Å². The molecule has 1 aromatic carbocycles. The lowest BCUT2D eigenvalue weighted by Crippen LogP contribution is -2.09. The minimum absolute atomic E-state index is 0.668. The van der Waals surface area contributed by atoms with Gasteiger partial charge < -0.3 is 9.84 Å². The molecule has 2 aromatic rings. The van der Waals surface area contributed by atoms with E-state index in [0.29, 0.717) is 11.4 Å². The van der Waals surface area contributed by atoms with E-state index in [0.717, 1.165) is 15.6 Å². The summed E-state index contributed by atoms with van der Waals surface area (Å²) in [6.45, 7) is 1.98. The van der Waals surface area contributed by atoms with Crippen LogP contribution in [0.15, 0.2) is 28.9 Å². The molecule has 0 spiro atoms. The van der Waals surface area contributed by atoms with Crippen molar-refractivity contribution < 1.29 is 9.84 Å². The van der Waals surface area contributed by atoms with Gasteiger partial charge in [-0.15, -0.1) is 0 Å². The normalized spacial score (nSPS) is 12.5. The Balaban J connectivity index is 2.51. The van der Waals surface area contributed by atoms with Gasteiger partial charge in [0.2, 0.25) is 0 Å². The van der Waals surface area contributed by atoms with Gasteiger partial charge in [-0.25, -0.2) is 0 Å². The van der Waals surface area contributed by atoms with Gasteiger partial charge in [0.25, 0.3) is 0 Å². The van der Waals surface area contributed by atoms with E-state index in [4.69, 9.17) is 4.74 Å². The van der Waals surface area contributed by atoms with E-state index in [9.17, 15) is 5.11 Å². The highest BCUT2D eigenvalue weighted by Gasteiger charge is 2.21. The van der Waals surface area contributed by atoms with Crippen molar-refractivity contribution in [2.75, 3.05) is 7.11 Å². The lowest BCUT2D eigenvalue weighted by molar-refractivity contribution is 0.203. The average molecular weight is 311 g/mol. The Bertz CT molecular complexity index is 547. The van der Waals surface area contributed by atoms with Crippen LogP contribution in [0.25, 0.3) is 0 Å². The SMILES string of the molecule is COc1ccc(C)cc1C(O)c1c(Br)cnn1C. The molecule has 0 amide bonds. The third-order valence-corrected chi connectivity index (χ3v) is 3.49. The molecule has 1 unspecified atom stereocenters. The third kappa shape index (κ3) is 2.28. The first-order valence-electron chi connectivity index (χ1n) is 5.54. The zero-order valence-electron chi connectivity index (χ0n) is 10.5. The zero-order chi connectivity index (χ0) is 13.3. The molecule has 0 radical (unpaired) electrons. The van der Waals surface area contributed by atoms with Crippen molar-refractivity contribution in [1.29, 1.82) is 0 Å². The second-order valence-electron chi connectivity index (χ2n) is 4.15. The second kappa shape index (κ2) is 5.12. The molecular formula is C13H15BrN2O2. The van der Waals surface area contributed by atoms with Crippen LogP contribution >= 0.6 is 15.9 Å². The van der Waals surface area contributed by atoms with Gasteiger partial charge in [0.05, 0.1) is 23.5 Å². The summed E-state index contributed by atoms with van der Waals surface area (Å²) in [7, 11) is 3.39. The van der Waals surface area contributed by atoms with Crippen LogP contribution in [-0.2, 0) is 7.05 Å². The minimum atomic E-state index is -0.776. The monoisotopic (exact) mass is 310 g/mol. The fraction of sp³-hybridized carbons (Fsp3) is 0.308. The molecular weight excluding hydrogens is 296 g/mol. The van der Waals surface area contributed by atoms with Crippen LogP contribution in [0.1, 0.15) is 22.9 Å². The number of rotatable bonds is 3. The quantitative estimate of drug-likeness (QED) is 0.948. The van der Waals surface area contributed by atoms with Crippen LogP contribution in [0.4, 0.5) is 0 Å². The fourth-order valence-corrected chi connectivity index (χ4v) is 2.51. The summed E-state index contributed by atoms with van der Waals surface area (Å²) in [6.07, 6.45) is 0.891. The smallest absolute Gasteiger partial charge is 0.125 e. The zero-order valence-corrected chi connectivity index (χ0v) is 12.1. The summed E-state index contributed by atoms with van der Waals surface area (Å²) in [5, 5.41) is 14.6. The number of ether oxygens (including phenoxy) is 1. The molecule has 0 saturated carbocycles. The second-order valence-corrected chi connectivity index (χ2v) is 5.00. The van der Waals surface area contributed by atoms with Crippen molar-refractivity contribution in [3.05, 3.63) is 45.7 Å². The third-order valence-electron chi connectivity index (χ3n) is 2.88. The Morgan fingerprint density at radius 2 is 2.17 bits per heavy atom. The van der Waals surface area contributed by atoms with E-state index in [-0.39, 0.29) is 0 Å². The van der Waals surface area contributed by atoms with Crippen molar-refractivity contribution in [1.82, 2.24) is 9.78 Å². The van der Waals surface area contributed by atoms with Crippen LogP contribution in [0, 0.1) is 6.92 Å². The van der Waals surface area contributed by atoms with Crippen molar-refractivity contribution in [3.8, 4) is 5.75 Å². The number of aromatic nitrogens is 2. The maximum atomic E-state index is 10.5. The van der Waals surface area contributed by atoms with Crippen molar-refractivity contribution in [2.24, 2.45) is 7.05 Å². The minimum Gasteiger partial charge on any atom is -0.496 e. The number of hydrogen-bond acceptors (Lipinski definition) is 3. The van der Waals surface area contributed by atoms with Crippen LogP contribution in [-0.4, -0.2) is 22.0 Å². The highest BCUT2D eigenvalue weighted by atomic mass is 79.9. The van der Waals surface area contributed by atoms with E-state index in [1.54, 1.807) is 25.0 Å². The summed E-state index contributed by atoms with van der Waals surface area (Å²) >= 11 is 3.40. The van der Waals surface area contributed by atoms with Crippen molar-refractivity contribution in [3.63, 3.8) is 0 Å². The fourth-order valence-electron chi connectivity index (χ4n) is 1.94. The summed E-state index contributed by atoms with van der Waals surface area (Å²) in [6, 6.07) is 5.73. The van der Waals surface area contributed by atoms with Crippen molar-refractivity contribution in [2.45, 2.75) is 13.0 Å². The van der Waals surface area contributed by atoms with Crippen LogP contribution in [0.3, 0.4) is 0 Å². The van der Waals surface area contributed by atoms with Gasteiger partial charge in [-0.3, -0.25) is 4.68 Å². The highest BCUT2D eigenvalue weighted by molar-refractivity contribution is 9.10. The molecule has 18 heavy (non-hydrogen) atoms. The van der Waals surface area contributed by atoms with E-state index in [2.05, 4.69) is 21.0 Å². The van der Waals surface area contributed by atoms with E-state index in [1.165, 1.54) is 0 Å². The molecule has 4 nitrogen and oxygen atoms in total. The standard InChI is InChI=1S/C13H15BrN2O2/c1-8-4-5-11(18-3)9(6-8)13(17)12-10(14)7-15-16(12)2/h4-7,13,17H,1-3H3. The predicted molar refractivity (Wildman–Crippen MR) is 72.7 cm³/mol. The number of aliphatic hydroxyl groups is 1. The molecule has 0 bridgehead atoms. The van der Waals surface area contributed by atoms with Crippen LogP contribution in [0.2, 0.25) is 0 Å². The Morgan fingerprint density at radius 1 is 1.44 bits per heavy atom. The molecule has 0 aliphatic rings. The first-order chi connectivity index (χ1) is 8.54. The van der Waals surface area contributed by atoms with E-state index >= 15 is 0 Å². The van der Waals surface area contributed by atoms with Crippen molar-refractivity contribution >= 4 is 15.9 Å². The molecule has 0 saturated heterocycles. The molecule has 1 heterocycles. The van der Waals surface area contributed by atoms with Gasteiger partial charge in [0, 0.05) is 12.6 Å². The number of halogens is 1. The summed E-state index contributed by atoms with van der Waals surface area (Å²) in [5.41, 5.74) is 2.52. The number of nitrogens with zero attached hydrogens (tertiary/aromatic N) is 2. The van der Waals surface area contributed by atoms with Gasteiger partial charge in [-0.05, 0) is 35.0 Å². The lowest BCUT2D eigenvalue weighted by atomic mass is 10.0. The Labute approximate surface area is 114 Å². The molecule has 2 rings (SSSR count). The van der Waals surface area contributed by atoms with Crippen LogP contribution in [0.5, 0.6) is 5.75 Å². The van der Waals surface area contributed by atoms with Gasteiger partial charge in [0.15, 0.2) is 0 Å². The number of aliphatic hydroxyl groups excluding tert-OH is 1. The van der Waals surface area contributed by atoms with Gasteiger partial charge in [-0.1, -0.05) is 11.6 Å². The first-order valence-corrected chi connectivity index (χ1v) is 6.34. The highest BCUT2D eigenvalue weighted by Crippen LogP contribution is 2.33. The molecule has 96 valence electrons. The topological polar surface area (TPSA) is 47.3 Å². The molecule has 0 aliphatic carbocycles. The lowest BCUT2D eigenvalue weighted by Gasteiger charge is -2.16. The summed E-state index contributed by atoms with van der Waals surface area (Å²) in [4.78, 5) is 0. The Hall–Kier alpha value is -1.33. The average Bonchev–Trinajstić information content (AvgIpc) is 2.68. The van der Waals surface area contributed by atoms with E-state index < -0.39 is 6.10 Å². The summed E-state index contributed by atoms with van der Waals surface area (Å²) in [5.74, 6) is 0.668. The Morgan fingerprint density at radius 3 is 2.72 bits per heavy atom. The van der Waals surface area contributed by atoms with Gasteiger partial charge in [0.1, 0.15) is 11.9 Å². The Kier molecular flexibility index (Phi) is 3.73. The molecule has 1 aromatic heterocycles. The molecule has 5 heteroatoms. The number of aryl methyl sites for hydroxylation is 2. The number of benzene rings is 1. The van der Waals surface area contributed by atoms with Gasteiger partial charge >= 0.3 is 0 Å². The maximum absolute atomic E-state index is 10.5. The first kappa shape index (κ1) is 13.1. The largest absolute Gasteiger partial charge is 0.496 e. The maximum Gasteiger partial charge on any atom is 0.125 e. The summed E-state index contributed by atoms with van der Waals surface area (Å²) < 4.78 is 7.72. The molecule has 1 atom stereocenters. The molecule has 0 fully saturated rings. The number of methoxy groups -OCH3 is 1. The predicted octanol–water partition coefficient (Wildman–Crippen LogP) is 2.58. The number of hydrogen-bond donors (Lipinski definition) is 1.